The molecule has 0 spiro atoms. The van der Waals surface area contributed by atoms with Crippen LogP contribution in [0.15, 0.2) is 18.2 Å². The highest BCUT2D eigenvalue weighted by Gasteiger charge is 2.30. The number of nitrogens with one attached hydrogen (secondary N) is 1. The number of aryl methyl sites for hydroxylation is 1. The lowest BCUT2D eigenvalue weighted by molar-refractivity contribution is 0.171. The number of benzene rings is 1. The highest BCUT2D eigenvalue weighted by Crippen LogP contribution is 2.40. The first-order chi connectivity index (χ1) is 10.0. The zero-order valence-electron chi connectivity index (χ0n) is 14.0. The van der Waals surface area contributed by atoms with Gasteiger partial charge in [0.1, 0.15) is 5.82 Å². The molecule has 1 aliphatic carbocycles. The summed E-state index contributed by atoms with van der Waals surface area (Å²) in [6.45, 7) is 9.84. The molecule has 1 saturated carbocycles. The third-order valence-electron chi connectivity index (χ3n) is 5.27. The lowest BCUT2D eigenvalue weighted by Gasteiger charge is -2.37. The molecule has 4 atom stereocenters. The topological polar surface area (TPSA) is 12.0 Å². The molecule has 118 valence electrons. The van der Waals surface area contributed by atoms with Gasteiger partial charge in [0.25, 0.3) is 0 Å². The van der Waals surface area contributed by atoms with Crippen molar-refractivity contribution in [3.05, 3.63) is 35.1 Å². The molecule has 0 saturated heterocycles. The van der Waals surface area contributed by atoms with E-state index < -0.39 is 0 Å². The van der Waals surface area contributed by atoms with E-state index in [-0.39, 0.29) is 5.82 Å². The Morgan fingerprint density at radius 3 is 2.62 bits per heavy atom. The first-order valence-electron chi connectivity index (χ1n) is 8.52. The molecule has 1 nitrogen and oxygen atoms in total. The van der Waals surface area contributed by atoms with Gasteiger partial charge in [0.2, 0.25) is 0 Å². The molecule has 2 rings (SSSR count). The van der Waals surface area contributed by atoms with E-state index in [4.69, 9.17) is 0 Å². The van der Waals surface area contributed by atoms with Crippen molar-refractivity contribution in [1.82, 2.24) is 5.32 Å². The van der Waals surface area contributed by atoms with Gasteiger partial charge in [-0.3, -0.25) is 0 Å². The van der Waals surface area contributed by atoms with Gasteiger partial charge in [-0.05, 0) is 67.7 Å². The molecule has 0 aliphatic heterocycles. The second-order valence-electron chi connectivity index (χ2n) is 6.97. The van der Waals surface area contributed by atoms with Crippen LogP contribution in [0.1, 0.15) is 63.6 Å². The molecule has 0 radical (unpaired) electrons. The molecule has 4 unspecified atom stereocenters. The largest absolute Gasteiger partial charge is 0.310 e. The van der Waals surface area contributed by atoms with E-state index in [9.17, 15) is 4.39 Å². The Kier molecular flexibility index (Phi) is 5.80. The van der Waals surface area contributed by atoms with Gasteiger partial charge in [0.15, 0.2) is 0 Å². The molecule has 0 amide bonds. The molecule has 0 heterocycles. The van der Waals surface area contributed by atoms with E-state index in [2.05, 4.69) is 26.1 Å². The maximum atomic E-state index is 13.5. The molecule has 0 aromatic heterocycles. The minimum absolute atomic E-state index is 0.0985. The Hall–Kier alpha value is -0.890. The van der Waals surface area contributed by atoms with E-state index in [1.807, 2.05) is 19.1 Å². The summed E-state index contributed by atoms with van der Waals surface area (Å²) in [6.07, 6.45) is 5.01. The molecule has 1 fully saturated rings. The van der Waals surface area contributed by atoms with E-state index in [1.165, 1.54) is 24.8 Å². The van der Waals surface area contributed by atoms with Gasteiger partial charge >= 0.3 is 0 Å². The van der Waals surface area contributed by atoms with Crippen LogP contribution in [0, 0.1) is 30.5 Å². The fourth-order valence-electron chi connectivity index (χ4n) is 3.61. The minimum Gasteiger partial charge on any atom is -0.310 e. The molecule has 1 aliphatic rings. The summed E-state index contributed by atoms with van der Waals surface area (Å²) in [5, 5.41) is 3.72. The summed E-state index contributed by atoms with van der Waals surface area (Å²) in [4.78, 5) is 0. The number of hydrogen-bond acceptors (Lipinski definition) is 1. The summed E-state index contributed by atoms with van der Waals surface area (Å²) in [6, 6.07) is 6.00. The smallest absolute Gasteiger partial charge is 0.126 e. The standard InChI is InChI=1S/C19H30FN/c1-5-10-21-19(16-7-6-13(2)14(3)11-16)17-8-9-18(20)15(4)12-17/h8-9,12-14,16,19,21H,5-7,10-11H2,1-4H3. The molecular weight excluding hydrogens is 261 g/mol. The minimum atomic E-state index is -0.0985. The normalized spacial score (nSPS) is 27.6. The molecule has 2 heteroatoms. The van der Waals surface area contributed by atoms with Crippen LogP contribution in [0.3, 0.4) is 0 Å². The van der Waals surface area contributed by atoms with E-state index in [0.717, 1.165) is 30.4 Å². The van der Waals surface area contributed by atoms with Crippen LogP contribution in [0.2, 0.25) is 0 Å². The van der Waals surface area contributed by atoms with Gasteiger partial charge < -0.3 is 5.32 Å². The fourth-order valence-corrected chi connectivity index (χ4v) is 3.61. The molecule has 0 bridgehead atoms. The van der Waals surface area contributed by atoms with Gasteiger partial charge in [-0.25, -0.2) is 4.39 Å². The summed E-state index contributed by atoms with van der Waals surface area (Å²) in [5.41, 5.74) is 2.02. The highest BCUT2D eigenvalue weighted by atomic mass is 19.1. The van der Waals surface area contributed by atoms with E-state index >= 15 is 0 Å². The maximum Gasteiger partial charge on any atom is 0.126 e. The lowest BCUT2D eigenvalue weighted by atomic mass is 9.72. The monoisotopic (exact) mass is 291 g/mol. The van der Waals surface area contributed by atoms with Crippen molar-refractivity contribution in [1.29, 1.82) is 0 Å². The van der Waals surface area contributed by atoms with Gasteiger partial charge in [-0.2, -0.15) is 0 Å². The second kappa shape index (κ2) is 7.40. The number of halogens is 1. The van der Waals surface area contributed by atoms with Gasteiger partial charge in [-0.15, -0.1) is 0 Å². The molecule has 1 aromatic carbocycles. The van der Waals surface area contributed by atoms with Crippen LogP contribution < -0.4 is 5.32 Å². The van der Waals surface area contributed by atoms with Crippen LogP contribution in [-0.2, 0) is 0 Å². The van der Waals surface area contributed by atoms with Crippen molar-refractivity contribution < 1.29 is 4.39 Å². The van der Waals surface area contributed by atoms with Crippen molar-refractivity contribution in [3.8, 4) is 0 Å². The zero-order chi connectivity index (χ0) is 15.4. The first kappa shape index (κ1) is 16.5. The SMILES string of the molecule is CCCNC(c1ccc(F)c(C)c1)C1CCC(C)C(C)C1. The summed E-state index contributed by atoms with van der Waals surface area (Å²) >= 11 is 0. The van der Waals surface area contributed by atoms with Crippen LogP contribution in [-0.4, -0.2) is 6.54 Å². The number of rotatable bonds is 5. The zero-order valence-corrected chi connectivity index (χ0v) is 14.0. The Balaban J connectivity index is 2.19. The van der Waals surface area contributed by atoms with Crippen LogP contribution in [0.25, 0.3) is 0 Å². The van der Waals surface area contributed by atoms with Crippen LogP contribution in [0.4, 0.5) is 4.39 Å². The maximum absolute atomic E-state index is 13.5. The second-order valence-corrected chi connectivity index (χ2v) is 6.97. The summed E-state index contributed by atoms with van der Waals surface area (Å²) in [5.74, 6) is 2.20. The van der Waals surface area contributed by atoms with E-state index in [1.54, 1.807) is 6.07 Å². The number of hydrogen-bond donors (Lipinski definition) is 1. The molecule has 1 aromatic rings. The van der Waals surface area contributed by atoms with Crippen LogP contribution >= 0.6 is 0 Å². The summed E-state index contributed by atoms with van der Waals surface area (Å²) < 4.78 is 13.5. The Bertz CT molecular complexity index is 457. The van der Waals surface area contributed by atoms with Crippen molar-refractivity contribution in [2.45, 2.75) is 59.4 Å². The quantitative estimate of drug-likeness (QED) is 0.781. The van der Waals surface area contributed by atoms with Crippen LogP contribution in [0.5, 0.6) is 0 Å². The van der Waals surface area contributed by atoms with Crippen molar-refractivity contribution in [3.63, 3.8) is 0 Å². The van der Waals surface area contributed by atoms with Gasteiger partial charge in [0.05, 0.1) is 0 Å². The molecule has 1 N–H and O–H groups in total. The molecular formula is C19H30FN. The third-order valence-corrected chi connectivity index (χ3v) is 5.27. The lowest BCUT2D eigenvalue weighted by Crippen LogP contribution is -2.33. The molecule has 21 heavy (non-hydrogen) atoms. The van der Waals surface area contributed by atoms with Gasteiger partial charge in [-0.1, -0.05) is 39.3 Å². The van der Waals surface area contributed by atoms with Crippen molar-refractivity contribution in [2.75, 3.05) is 6.54 Å². The predicted octanol–water partition coefficient (Wildman–Crippen LogP) is 5.25. The average Bonchev–Trinajstić information content (AvgIpc) is 2.46. The van der Waals surface area contributed by atoms with Crippen molar-refractivity contribution in [2.24, 2.45) is 17.8 Å². The van der Waals surface area contributed by atoms with Crippen molar-refractivity contribution >= 4 is 0 Å². The third kappa shape index (κ3) is 4.06. The Morgan fingerprint density at radius 2 is 2.00 bits per heavy atom. The first-order valence-corrected chi connectivity index (χ1v) is 8.52. The predicted molar refractivity (Wildman–Crippen MR) is 87.8 cm³/mol. The fraction of sp³-hybridized carbons (Fsp3) is 0.684. The Labute approximate surface area is 129 Å². The van der Waals surface area contributed by atoms with Gasteiger partial charge in [0, 0.05) is 6.04 Å². The highest BCUT2D eigenvalue weighted by molar-refractivity contribution is 5.27. The summed E-state index contributed by atoms with van der Waals surface area (Å²) in [7, 11) is 0. The Morgan fingerprint density at radius 1 is 1.24 bits per heavy atom. The average molecular weight is 291 g/mol. The van der Waals surface area contributed by atoms with E-state index in [0.29, 0.717) is 12.0 Å².